The standard InChI is InChI=1S/C23H26N2O3S/c1-23(2,16-26)21(20-9-6-14-29-20)25-22(27)24-18-12-10-17(11-13-18)15-28-19-7-4-3-5-8-19/h3-14,21,26H,15-16H2,1-2H3,(H2,24,25,27)/t21-/m1/s1. The number of hydrogen-bond donors (Lipinski definition) is 3. The fourth-order valence-electron chi connectivity index (χ4n) is 2.86. The average molecular weight is 411 g/mol. The first-order valence-electron chi connectivity index (χ1n) is 9.46. The van der Waals surface area contributed by atoms with Crippen LogP contribution in [-0.4, -0.2) is 17.7 Å². The maximum atomic E-state index is 12.6. The molecule has 29 heavy (non-hydrogen) atoms. The lowest BCUT2D eigenvalue weighted by atomic mass is 9.84. The van der Waals surface area contributed by atoms with Crippen molar-refractivity contribution in [3.05, 3.63) is 82.6 Å². The number of ether oxygens (including phenoxy) is 1. The molecule has 0 spiro atoms. The van der Waals surface area contributed by atoms with Gasteiger partial charge < -0.3 is 20.5 Å². The number of para-hydroxylation sites is 1. The Morgan fingerprint density at radius 2 is 1.79 bits per heavy atom. The van der Waals surface area contributed by atoms with E-state index in [0.29, 0.717) is 12.3 Å². The van der Waals surface area contributed by atoms with Crippen molar-refractivity contribution in [2.24, 2.45) is 5.41 Å². The van der Waals surface area contributed by atoms with E-state index in [0.717, 1.165) is 16.2 Å². The van der Waals surface area contributed by atoms with Gasteiger partial charge in [0, 0.05) is 16.0 Å². The van der Waals surface area contributed by atoms with Crippen molar-refractivity contribution >= 4 is 23.1 Å². The summed E-state index contributed by atoms with van der Waals surface area (Å²) in [4.78, 5) is 13.6. The number of thiophene rings is 1. The molecule has 0 unspecified atom stereocenters. The van der Waals surface area contributed by atoms with Crippen LogP contribution in [0.1, 0.15) is 30.3 Å². The zero-order chi connectivity index (χ0) is 20.7. The molecule has 5 nitrogen and oxygen atoms in total. The number of hydrogen-bond acceptors (Lipinski definition) is 4. The van der Waals surface area contributed by atoms with Crippen LogP contribution in [0, 0.1) is 5.41 Å². The van der Waals surface area contributed by atoms with Crippen LogP contribution in [0.3, 0.4) is 0 Å². The first-order valence-corrected chi connectivity index (χ1v) is 10.3. The van der Waals surface area contributed by atoms with E-state index in [1.165, 1.54) is 0 Å². The monoisotopic (exact) mass is 410 g/mol. The summed E-state index contributed by atoms with van der Waals surface area (Å²) in [6.45, 7) is 4.28. The molecule has 0 bridgehead atoms. The summed E-state index contributed by atoms with van der Waals surface area (Å²) < 4.78 is 5.73. The van der Waals surface area contributed by atoms with E-state index < -0.39 is 5.41 Å². The van der Waals surface area contributed by atoms with Gasteiger partial charge >= 0.3 is 6.03 Å². The smallest absolute Gasteiger partial charge is 0.319 e. The summed E-state index contributed by atoms with van der Waals surface area (Å²) in [7, 11) is 0. The molecule has 2 aromatic carbocycles. The molecule has 0 aliphatic heterocycles. The van der Waals surface area contributed by atoms with Gasteiger partial charge in [0.25, 0.3) is 0 Å². The lowest BCUT2D eigenvalue weighted by molar-refractivity contribution is 0.121. The zero-order valence-electron chi connectivity index (χ0n) is 16.6. The second-order valence-electron chi connectivity index (χ2n) is 7.49. The van der Waals surface area contributed by atoms with Crippen LogP contribution in [0.4, 0.5) is 10.5 Å². The fourth-order valence-corrected chi connectivity index (χ4v) is 3.85. The van der Waals surface area contributed by atoms with E-state index in [2.05, 4.69) is 10.6 Å². The second-order valence-corrected chi connectivity index (χ2v) is 8.47. The van der Waals surface area contributed by atoms with Crippen molar-refractivity contribution in [1.82, 2.24) is 5.32 Å². The Bertz CT molecular complexity index is 894. The average Bonchev–Trinajstić information content (AvgIpc) is 3.26. The number of nitrogens with one attached hydrogen (secondary N) is 2. The Labute approximate surface area is 175 Å². The van der Waals surface area contributed by atoms with Gasteiger partial charge in [-0.25, -0.2) is 4.79 Å². The Hall–Kier alpha value is -2.83. The van der Waals surface area contributed by atoms with Gasteiger partial charge in [-0.3, -0.25) is 0 Å². The minimum atomic E-state index is -0.485. The quantitative estimate of drug-likeness (QED) is 0.477. The predicted octanol–water partition coefficient (Wildman–Crippen LogP) is 5.21. The van der Waals surface area contributed by atoms with Crippen LogP contribution in [0.15, 0.2) is 72.1 Å². The van der Waals surface area contributed by atoms with Gasteiger partial charge in [-0.05, 0) is 41.3 Å². The highest BCUT2D eigenvalue weighted by atomic mass is 32.1. The highest BCUT2D eigenvalue weighted by Crippen LogP contribution is 2.35. The molecule has 2 amide bonds. The van der Waals surface area contributed by atoms with E-state index in [9.17, 15) is 9.90 Å². The Balaban J connectivity index is 1.58. The summed E-state index contributed by atoms with van der Waals surface area (Å²) >= 11 is 1.56. The SMILES string of the molecule is CC(C)(CO)[C@H](NC(=O)Nc1ccc(COc2ccccc2)cc1)c1cccs1. The van der Waals surface area contributed by atoms with E-state index >= 15 is 0 Å². The molecule has 3 aromatic rings. The molecule has 0 radical (unpaired) electrons. The molecule has 6 heteroatoms. The van der Waals surface area contributed by atoms with Crippen molar-refractivity contribution in [1.29, 1.82) is 0 Å². The lowest BCUT2D eigenvalue weighted by Gasteiger charge is -2.32. The molecular weight excluding hydrogens is 384 g/mol. The Morgan fingerprint density at radius 3 is 2.41 bits per heavy atom. The van der Waals surface area contributed by atoms with Gasteiger partial charge in [0.15, 0.2) is 0 Å². The Kier molecular flexibility index (Phi) is 6.90. The summed E-state index contributed by atoms with van der Waals surface area (Å²) in [5, 5.41) is 17.6. The third-order valence-corrected chi connectivity index (χ3v) is 5.59. The molecule has 1 aromatic heterocycles. The summed E-state index contributed by atoms with van der Waals surface area (Å²) in [6.07, 6.45) is 0. The molecule has 0 aliphatic carbocycles. The number of amides is 2. The number of anilines is 1. The summed E-state index contributed by atoms with van der Waals surface area (Å²) in [5.41, 5.74) is 1.22. The van der Waals surface area contributed by atoms with Crippen LogP contribution in [0.5, 0.6) is 5.75 Å². The van der Waals surface area contributed by atoms with Crippen LogP contribution >= 0.6 is 11.3 Å². The zero-order valence-corrected chi connectivity index (χ0v) is 17.4. The van der Waals surface area contributed by atoms with Crippen LogP contribution in [0.25, 0.3) is 0 Å². The van der Waals surface area contributed by atoms with Crippen molar-refractivity contribution in [2.45, 2.75) is 26.5 Å². The van der Waals surface area contributed by atoms with E-state index in [1.807, 2.05) is 86.0 Å². The molecule has 1 atom stereocenters. The maximum absolute atomic E-state index is 12.6. The molecule has 1 heterocycles. The van der Waals surface area contributed by atoms with Crippen LogP contribution < -0.4 is 15.4 Å². The minimum Gasteiger partial charge on any atom is -0.489 e. The fraction of sp³-hybridized carbons (Fsp3) is 0.261. The molecule has 3 N–H and O–H groups in total. The molecule has 3 rings (SSSR count). The van der Waals surface area contributed by atoms with E-state index in [1.54, 1.807) is 11.3 Å². The summed E-state index contributed by atoms with van der Waals surface area (Å²) in [5.74, 6) is 0.820. The van der Waals surface area contributed by atoms with Crippen molar-refractivity contribution in [3.63, 3.8) is 0 Å². The molecule has 0 aliphatic rings. The number of aliphatic hydroxyl groups excluding tert-OH is 1. The number of carbonyl (C=O) groups excluding carboxylic acids is 1. The highest BCUT2D eigenvalue weighted by Gasteiger charge is 2.32. The van der Waals surface area contributed by atoms with Crippen LogP contribution in [0.2, 0.25) is 0 Å². The Morgan fingerprint density at radius 1 is 1.07 bits per heavy atom. The first-order chi connectivity index (χ1) is 14.0. The molecule has 0 fully saturated rings. The molecule has 0 saturated carbocycles. The number of aliphatic hydroxyl groups is 1. The predicted molar refractivity (Wildman–Crippen MR) is 117 cm³/mol. The van der Waals surface area contributed by atoms with Gasteiger partial charge in [0.2, 0.25) is 0 Å². The number of rotatable bonds is 8. The van der Waals surface area contributed by atoms with Gasteiger partial charge in [0.05, 0.1) is 12.6 Å². The van der Waals surface area contributed by atoms with Crippen LogP contribution in [-0.2, 0) is 6.61 Å². The largest absolute Gasteiger partial charge is 0.489 e. The van der Waals surface area contributed by atoms with Gasteiger partial charge in [-0.2, -0.15) is 0 Å². The van der Waals surface area contributed by atoms with Gasteiger partial charge in [-0.15, -0.1) is 11.3 Å². The van der Waals surface area contributed by atoms with E-state index in [4.69, 9.17) is 4.74 Å². The van der Waals surface area contributed by atoms with Gasteiger partial charge in [0.1, 0.15) is 12.4 Å². The highest BCUT2D eigenvalue weighted by molar-refractivity contribution is 7.10. The van der Waals surface area contributed by atoms with Crippen molar-refractivity contribution in [2.75, 3.05) is 11.9 Å². The molecular formula is C23H26N2O3S. The first kappa shape index (κ1) is 20.9. The third-order valence-electron chi connectivity index (χ3n) is 4.65. The lowest BCUT2D eigenvalue weighted by Crippen LogP contribution is -2.41. The topological polar surface area (TPSA) is 70.6 Å². The van der Waals surface area contributed by atoms with Crippen molar-refractivity contribution < 1.29 is 14.6 Å². The third kappa shape index (κ3) is 5.82. The number of carbonyl (C=O) groups is 1. The maximum Gasteiger partial charge on any atom is 0.319 e. The normalized spacial score (nSPS) is 12.2. The van der Waals surface area contributed by atoms with Crippen molar-refractivity contribution in [3.8, 4) is 5.75 Å². The molecule has 152 valence electrons. The van der Waals surface area contributed by atoms with Gasteiger partial charge in [-0.1, -0.05) is 50.2 Å². The summed E-state index contributed by atoms with van der Waals surface area (Å²) in [6, 6.07) is 20.5. The van der Waals surface area contributed by atoms with E-state index in [-0.39, 0.29) is 18.7 Å². The second kappa shape index (κ2) is 9.58. The minimum absolute atomic E-state index is 0.0358. The number of urea groups is 1. The number of benzene rings is 2. The molecule has 0 saturated heterocycles.